The molecule has 3 N–H and O–H groups in total. The van der Waals surface area contributed by atoms with Gasteiger partial charge in [-0.15, -0.1) is 0 Å². The van der Waals surface area contributed by atoms with Crippen molar-refractivity contribution in [1.82, 2.24) is 9.62 Å². The summed E-state index contributed by atoms with van der Waals surface area (Å²) in [7, 11) is -3.92. The molecular formula is C26H45N3O7S. The zero-order chi connectivity index (χ0) is 28.4. The van der Waals surface area contributed by atoms with E-state index in [1.54, 1.807) is 41.5 Å². The topological polar surface area (TPSA) is 134 Å². The molecule has 1 atom stereocenters. The SMILES string of the molecule is CC(C)CN(C(CO)CCCCNC(=O)OC(C)(C)C)S(=O)(=O)c1ccc(NC(=O)OC(C)(C)C)cc1. The van der Waals surface area contributed by atoms with Crippen molar-refractivity contribution in [1.29, 1.82) is 0 Å². The molecule has 0 aliphatic carbocycles. The molecule has 1 unspecified atom stereocenters. The molecule has 212 valence electrons. The maximum Gasteiger partial charge on any atom is 0.412 e. The van der Waals surface area contributed by atoms with Gasteiger partial charge in [-0.1, -0.05) is 20.3 Å². The largest absolute Gasteiger partial charge is 0.444 e. The number of alkyl carbamates (subject to hydrolysis) is 1. The Morgan fingerprint density at radius 2 is 1.49 bits per heavy atom. The zero-order valence-electron chi connectivity index (χ0n) is 23.5. The second-order valence-corrected chi connectivity index (χ2v) is 13.3. The van der Waals surface area contributed by atoms with Gasteiger partial charge in [0.15, 0.2) is 0 Å². The van der Waals surface area contributed by atoms with Crippen molar-refractivity contribution in [3.63, 3.8) is 0 Å². The van der Waals surface area contributed by atoms with Gasteiger partial charge in [-0.3, -0.25) is 5.32 Å². The summed E-state index contributed by atoms with van der Waals surface area (Å²) >= 11 is 0. The highest BCUT2D eigenvalue weighted by Gasteiger charge is 2.31. The molecule has 0 aliphatic rings. The molecule has 0 saturated carbocycles. The number of hydrogen-bond donors (Lipinski definition) is 3. The Balaban J connectivity index is 2.87. The number of carbonyl (C=O) groups is 2. The van der Waals surface area contributed by atoms with Gasteiger partial charge in [-0.2, -0.15) is 4.31 Å². The van der Waals surface area contributed by atoms with Crippen LogP contribution in [0.2, 0.25) is 0 Å². The molecule has 0 heterocycles. The van der Waals surface area contributed by atoms with Crippen molar-refractivity contribution in [2.45, 2.75) is 96.8 Å². The number of amides is 2. The quantitative estimate of drug-likeness (QED) is 0.324. The summed E-state index contributed by atoms with van der Waals surface area (Å²) in [5.41, 5.74) is -0.836. The maximum atomic E-state index is 13.5. The minimum absolute atomic E-state index is 0.0331. The van der Waals surface area contributed by atoms with E-state index in [-0.39, 0.29) is 24.0 Å². The average molecular weight is 544 g/mol. The zero-order valence-corrected chi connectivity index (χ0v) is 24.3. The third-order valence-electron chi connectivity index (χ3n) is 4.90. The van der Waals surface area contributed by atoms with Gasteiger partial charge in [0.05, 0.1) is 11.5 Å². The summed E-state index contributed by atoms with van der Waals surface area (Å²) in [5, 5.41) is 15.3. The smallest absolute Gasteiger partial charge is 0.412 e. The van der Waals surface area contributed by atoms with Crippen molar-refractivity contribution < 1.29 is 32.6 Å². The number of nitrogens with one attached hydrogen (secondary N) is 2. The van der Waals surface area contributed by atoms with E-state index in [2.05, 4.69) is 10.6 Å². The van der Waals surface area contributed by atoms with Crippen LogP contribution in [0.1, 0.15) is 74.7 Å². The monoisotopic (exact) mass is 543 g/mol. The number of sulfonamides is 1. The van der Waals surface area contributed by atoms with Crippen LogP contribution in [0.4, 0.5) is 15.3 Å². The summed E-state index contributed by atoms with van der Waals surface area (Å²) in [6.07, 6.45) is 0.502. The van der Waals surface area contributed by atoms with Gasteiger partial charge < -0.3 is 19.9 Å². The Bertz CT molecular complexity index is 965. The predicted octanol–water partition coefficient (Wildman–Crippen LogP) is 4.74. The highest BCUT2D eigenvalue weighted by molar-refractivity contribution is 7.89. The van der Waals surface area contributed by atoms with Gasteiger partial charge in [0.2, 0.25) is 10.0 Å². The highest BCUT2D eigenvalue weighted by atomic mass is 32.2. The Morgan fingerprint density at radius 3 is 1.97 bits per heavy atom. The van der Waals surface area contributed by atoms with E-state index < -0.39 is 39.5 Å². The molecule has 0 bridgehead atoms. The van der Waals surface area contributed by atoms with E-state index in [0.717, 1.165) is 0 Å². The molecule has 0 spiro atoms. The van der Waals surface area contributed by atoms with E-state index in [9.17, 15) is 23.1 Å². The Labute approximate surface area is 222 Å². The number of anilines is 1. The molecule has 2 amide bonds. The molecule has 11 heteroatoms. The van der Waals surface area contributed by atoms with E-state index in [4.69, 9.17) is 9.47 Å². The number of aliphatic hydroxyl groups excluding tert-OH is 1. The maximum absolute atomic E-state index is 13.5. The molecule has 0 aliphatic heterocycles. The fraction of sp³-hybridized carbons (Fsp3) is 0.692. The van der Waals surface area contributed by atoms with Crippen LogP contribution in [-0.4, -0.2) is 67.0 Å². The predicted molar refractivity (Wildman–Crippen MR) is 144 cm³/mol. The highest BCUT2D eigenvalue weighted by Crippen LogP contribution is 2.24. The van der Waals surface area contributed by atoms with Crippen LogP contribution in [0.25, 0.3) is 0 Å². The second kappa shape index (κ2) is 14.0. The van der Waals surface area contributed by atoms with Gasteiger partial charge in [0.1, 0.15) is 11.2 Å². The normalized spacial score (nSPS) is 13.4. The van der Waals surface area contributed by atoms with E-state index in [0.29, 0.717) is 31.5 Å². The summed E-state index contributed by atoms with van der Waals surface area (Å²) < 4.78 is 38.8. The van der Waals surface area contributed by atoms with Gasteiger partial charge >= 0.3 is 12.2 Å². The Morgan fingerprint density at radius 1 is 0.946 bits per heavy atom. The summed E-state index contributed by atoms with van der Waals surface area (Å²) in [6.45, 7) is 14.7. The van der Waals surface area contributed by atoms with Gasteiger partial charge in [-0.25, -0.2) is 18.0 Å². The molecule has 0 aromatic heterocycles. The molecule has 0 radical (unpaired) electrons. The van der Waals surface area contributed by atoms with Crippen LogP contribution in [-0.2, 0) is 19.5 Å². The number of nitrogens with zero attached hydrogens (tertiary/aromatic N) is 1. The van der Waals surface area contributed by atoms with E-state index >= 15 is 0 Å². The number of aliphatic hydroxyl groups is 1. The first kappa shape index (κ1) is 32.7. The van der Waals surface area contributed by atoms with Crippen LogP contribution in [0.15, 0.2) is 29.2 Å². The van der Waals surface area contributed by atoms with Crippen LogP contribution in [0.5, 0.6) is 0 Å². The van der Waals surface area contributed by atoms with Crippen LogP contribution >= 0.6 is 0 Å². The van der Waals surface area contributed by atoms with Gasteiger partial charge in [-0.05, 0) is 84.6 Å². The summed E-state index contributed by atoms with van der Waals surface area (Å²) in [5.74, 6) is 0.0331. The molecule has 1 rings (SSSR count). The molecule has 37 heavy (non-hydrogen) atoms. The van der Waals surface area contributed by atoms with E-state index in [1.165, 1.54) is 28.6 Å². The Kier molecular flexibility index (Phi) is 12.3. The van der Waals surface area contributed by atoms with Crippen molar-refractivity contribution >= 4 is 27.9 Å². The number of unbranched alkanes of at least 4 members (excludes halogenated alkanes) is 1. The lowest BCUT2D eigenvalue weighted by atomic mass is 10.1. The third kappa shape index (κ3) is 12.6. The lowest BCUT2D eigenvalue weighted by Crippen LogP contribution is -2.44. The second-order valence-electron chi connectivity index (χ2n) is 11.4. The first-order valence-electron chi connectivity index (χ1n) is 12.6. The number of hydrogen-bond acceptors (Lipinski definition) is 7. The number of ether oxygens (including phenoxy) is 2. The molecular weight excluding hydrogens is 498 g/mol. The molecule has 0 fully saturated rings. The molecule has 0 saturated heterocycles. The molecule has 1 aromatic carbocycles. The minimum Gasteiger partial charge on any atom is -0.444 e. The van der Waals surface area contributed by atoms with Crippen molar-refractivity contribution in [2.75, 3.05) is 25.0 Å². The Hall–Kier alpha value is -2.37. The first-order chi connectivity index (χ1) is 16.9. The van der Waals surface area contributed by atoms with Crippen molar-refractivity contribution in [3.05, 3.63) is 24.3 Å². The first-order valence-corrected chi connectivity index (χ1v) is 14.1. The van der Waals surface area contributed by atoms with E-state index in [1.807, 2.05) is 13.8 Å². The van der Waals surface area contributed by atoms with Crippen molar-refractivity contribution in [3.8, 4) is 0 Å². The summed E-state index contributed by atoms with van der Waals surface area (Å²) in [6, 6.07) is 5.23. The fourth-order valence-corrected chi connectivity index (χ4v) is 5.22. The van der Waals surface area contributed by atoms with Crippen LogP contribution in [0.3, 0.4) is 0 Å². The number of carbonyl (C=O) groups excluding carboxylic acids is 2. The third-order valence-corrected chi connectivity index (χ3v) is 6.83. The fourth-order valence-electron chi connectivity index (χ4n) is 3.41. The number of rotatable bonds is 12. The lowest BCUT2D eigenvalue weighted by molar-refractivity contribution is 0.0525. The number of benzene rings is 1. The van der Waals surface area contributed by atoms with Crippen LogP contribution < -0.4 is 10.6 Å². The lowest BCUT2D eigenvalue weighted by Gasteiger charge is -2.31. The minimum atomic E-state index is -3.92. The van der Waals surface area contributed by atoms with Crippen LogP contribution in [0, 0.1) is 5.92 Å². The average Bonchev–Trinajstić information content (AvgIpc) is 2.72. The summed E-state index contributed by atoms with van der Waals surface area (Å²) in [4.78, 5) is 23.8. The van der Waals surface area contributed by atoms with Gasteiger partial charge in [0, 0.05) is 24.8 Å². The molecule has 10 nitrogen and oxygen atoms in total. The van der Waals surface area contributed by atoms with Gasteiger partial charge in [0.25, 0.3) is 0 Å². The standard InChI is InChI=1S/C26H45N3O7S/c1-19(2)17-29(21(18-30)11-9-10-16-27-23(31)35-25(3,4)5)37(33,34)22-14-12-20(13-15-22)28-24(32)36-26(6,7)8/h12-15,19,21,30H,9-11,16-18H2,1-8H3,(H,27,31)(H,28,32). The molecule has 1 aromatic rings. The van der Waals surface area contributed by atoms with Crippen molar-refractivity contribution in [2.24, 2.45) is 5.92 Å².